The van der Waals surface area contributed by atoms with E-state index in [9.17, 15) is 24.6 Å². The van der Waals surface area contributed by atoms with Crippen LogP contribution in [0.3, 0.4) is 0 Å². The van der Waals surface area contributed by atoms with Crippen LogP contribution in [-0.4, -0.2) is 156 Å². The number of likely N-dealkylation sites (tertiary alicyclic amines) is 1. The van der Waals surface area contributed by atoms with E-state index in [1.165, 1.54) is 19.1 Å². The van der Waals surface area contributed by atoms with Crippen LogP contribution in [0, 0.1) is 17.3 Å². The van der Waals surface area contributed by atoms with Gasteiger partial charge in [-0.15, -0.1) is 0 Å². The van der Waals surface area contributed by atoms with E-state index in [0.717, 1.165) is 29.0 Å². The third kappa shape index (κ3) is 8.01. The number of piperidine rings is 1. The van der Waals surface area contributed by atoms with E-state index in [1.54, 1.807) is 24.1 Å². The fraction of sp³-hybridized carbons (Fsp3) is 0.526. The number of aliphatic hydroxyl groups is 2. The quantitative estimate of drug-likeness (QED) is 0.0699. The van der Waals surface area contributed by atoms with Crippen LogP contribution in [0.5, 0.6) is 5.75 Å². The highest BCUT2D eigenvalue weighted by Crippen LogP contribution is 2.67. The third-order valence-corrected chi connectivity index (χ3v) is 18.6. The molecule has 7 heterocycles. The predicted octanol–water partition coefficient (Wildman–Crippen LogP) is 4.40. The SMILES string of the molecule is CC[C@]12C=CCN3CCC4(c5cc([C@@]6(C(=O)OC)C[C@@H]7C[C@@H](C(C)(F)F)CN(Cc8c6[nH]c6ccccc86)C7)c(OC)cc5N(C)[C@H]4[C@@](O)(C(=O)NNC(=O)[C@@H]4CCCN4C(=O)CNC(=O)OCc4ccccc4)[C@@H]1O)[C@@H]32. The number of hydrogen-bond donors (Lipinski definition) is 6. The number of methoxy groups -OCH3 is 2. The van der Waals surface area contributed by atoms with Crippen molar-refractivity contribution in [2.45, 2.75) is 112 Å². The number of aromatic amines is 1. The van der Waals surface area contributed by atoms with E-state index in [-0.39, 0.29) is 39.0 Å². The van der Waals surface area contributed by atoms with E-state index < -0.39 is 100 Å². The summed E-state index contributed by atoms with van der Waals surface area (Å²) in [6.45, 7) is 4.63. The molecule has 1 saturated carbocycles. The molecule has 4 fully saturated rings. The molecule has 18 nitrogen and oxygen atoms in total. The number of esters is 1. The fourth-order valence-electron chi connectivity index (χ4n) is 15.4. The number of rotatable bonds is 11. The minimum Gasteiger partial charge on any atom is -0.496 e. The standard InChI is InChI=1S/C57H68F2N8O10/c1-6-54-19-13-21-66-23-20-55(47(54)66)38-25-39(56(51(72)76-5)27-34-24-35(53(2,58)59)30-65(29-34)31-37-36-16-10-11-17-40(36)61-45(37)56)43(75-4)26-42(38)64(3)48(55)57(74,49(54)70)50(71)63-62-46(69)41-18-12-22-67(41)44(68)28-60-52(73)77-32-33-14-8-7-9-15-33/h7-11,13-17,19,25-26,34-35,41,47-49,61,70,74H,6,12,18,20-24,27-32H2,1-5H3,(H,60,73)(H,62,69)(H,63,71)/t34-,35+,41-,47-,48+,49+,54+,55?,56-,57-/m0/s1. The van der Waals surface area contributed by atoms with Crippen molar-refractivity contribution in [3.63, 3.8) is 0 Å². The number of hydrazine groups is 1. The number of benzene rings is 3. The molecule has 20 heteroatoms. The second-order valence-corrected chi connectivity index (χ2v) is 22.5. The molecule has 6 N–H and O–H groups in total. The van der Waals surface area contributed by atoms with Crippen LogP contribution in [0.4, 0.5) is 19.3 Å². The van der Waals surface area contributed by atoms with Gasteiger partial charge in [0.1, 0.15) is 36.5 Å². The number of nitrogens with one attached hydrogen (secondary N) is 4. The second kappa shape index (κ2) is 19.4. The molecule has 2 unspecified atom stereocenters. The number of fused-ring (bicyclic) bond motifs is 6. The Bertz CT molecular complexity index is 3040. The first kappa shape index (κ1) is 52.4. The molecule has 4 aromatic rings. The first-order chi connectivity index (χ1) is 36.9. The lowest BCUT2D eigenvalue weighted by atomic mass is 9.47. The number of amides is 4. The van der Waals surface area contributed by atoms with Gasteiger partial charge in [-0.05, 0) is 86.7 Å². The summed E-state index contributed by atoms with van der Waals surface area (Å²) in [6, 6.07) is 17.8. The van der Waals surface area contributed by atoms with Gasteiger partial charge in [-0.3, -0.25) is 39.8 Å². The summed E-state index contributed by atoms with van der Waals surface area (Å²) in [7, 11) is 4.58. The molecule has 4 amide bonds. The van der Waals surface area contributed by atoms with Crippen LogP contribution in [0.25, 0.3) is 10.9 Å². The van der Waals surface area contributed by atoms with Crippen LogP contribution in [0.2, 0.25) is 0 Å². The molecule has 2 bridgehead atoms. The van der Waals surface area contributed by atoms with Gasteiger partial charge in [0.25, 0.3) is 11.8 Å². The molecule has 77 heavy (non-hydrogen) atoms. The summed E-state index contributed by atoms with van der Waals surface area (Å²) in [5.74, 6) is -7.01. The summed E-state index contributed by atoms with van der Waals surface area (Å²) in [5.41, 5.74) is 2.93. The fourth-order valence-corrected chi connectivity index (χ4v) is 15.4. The van der Waals surface area contributed by atoms with Gasteiger partial charge in [0.05, 0.1) is 20.3 Å². The first-order valence-electron chi connectivity index (χ1n) is 26.8. The Hall–Kier alpha value is -6.61. The highest BCUT2D eigenvalue weighted by Gasteiger charge is 2.79. The Morgan fingerprint density at radius 2 is 1.73 bits per heavy atom. The van der Waals surface area contributed by atoms with Crippen LogP contribution < -0.4 is 25.8 Å². The van der Waals surface area contributed by atoms with Crippen molar-refractivity contribution in [1.82, 2.24) is 35.9 Å². The molecule has 1 aliphatic carbocycles. The zero-order valence-corrected chi connectivity index (χ0v) is 44.1. The molecular formula is C57H68F2N8O10. The Morgan fingerprint density at radius 3 is 2.47 bits per heavy atom. The average Bonchev–Trinajstić information content (AvgIpc) is 4.37. The van der Waals surface area contributed by atoms with E-state index in [2.05, 4.69) is 31.0 Å². The number of likely N-dealkylation sites (N-methyl/N-ethyl adjacent to an activating group) is 1. The minimum atomic E-state index is -2.99. The number of ether oxygens (including phenoxy) is 3. The van der Waals surface area contributed by atoms with Crippen LogP contribution >= 0.6 is 0 Å². The number of aromatic nitrogens is 1. The Balaban J connectivity index is 0.966. The third-order valence-electron chi connectivity index (χ3n) is 18.6. The van der Waals surface area contributed by atoms with Crippen molar-refractivity contribution in [2.75, 3.05) is 65.4 Å². The summed E-state index contributed by atoms with van der Waals surface area (Å²) >= 11 is 0. The number of alkyl carbamates (subject to hydrolysis) is 1. The van der Waals surface area contributed by atoms with E-state index in [0.29, 0.717) is 73.7 Å². The number of para-hydroxylation sites is 1. The van der Waals surface area contributed by atoms with Crippen molar-refractivity contribution in [1.29, 1.82) is 0 Å². The maximum atomic E-state index is 15.5. The number of halogens is 2. The molecule has 1 spiro atoms. The van der Waals surface area contributed by atoms with Gasteiger partial charge in [0.2, 0.25) is 11.8 Å². The zero-order chi connectivity index (χ0) is 54.4. The molecule has 410 valence electrons. The van der Waals surface area contributed by atoms with E-state index >= 15 is 18.4 Å². The van der Waals surface area contributed by atoms with E-state index in [1.807, 2.05) is 73.7 Å². The van der Waals surface area contributed by atoms with Gasteiger partial charge in [0.15, 0.2) is 5.60 Å². The van der Waals surface area contributed by atoms with Gasteiger partial charge in [-0.1, -0.05) is 67.6 Å². The molecule has 7 aliphatic rings. The molecule has 3 aromatic carbocycles. The minimum absolute atomic E-state index is 0.000910. The molecular weight excluding hydrogens is 995 g/mol. The number of alkyl halides is 2. The number of nitrogens with zero attached hydrogens (tertiary/aromatic N) is 4. The normalized spacial score (nSPS) is 32.0. The summed E-state index contributed by atoms with van der Waals surface area (Å²) in [5, 5.41) is 29.9. The van der Waals surface area contributed by atoms with Crippen molar-refractivity contribution >= 4 is 46.4 Å². The number of H-pyrrole nitrogens is 1. The summed E-state index contributed by atoms with van der Waals surface area (Å²) < 4.78 is 48.5. The number of anilines is 1. The highest BCUT2D eigenvalue weighted by atomic mass is 19.3. The van der Waals surface area contributed by atoms with Crippen molar-refractivity contribution in [3.8, 4) is 5.75 Å². The topological polar surface area (TPSA) is 218 Å². The van der Waals surface area contributed by atoms with Crippen LogP contribution in [0.15, 0.2) is 78.9 Å². The summed E-state index contributed by atoms with van der Waals surface area (Å²) in [6.07, 6.45) is 2.99. The molecule has 11 rings (SSSR count). The molecule has 11 atom stereocenters. The molecule has 3 saturated heterocycles. The van der Waals surface area contributed by atoms with Crippen molar-refractivity contribution < 1.29 is 57.2 Å². The van der Waals surface area contributed by atoms with Gasteiger partial charge < -0.3 is 44.5 Å². The zero-order valence-electron chi connectivity index (χ0n) is 44.1. The molecule has 6 aliphatic heterocycles. The molecule has 0 radical (unpaired) electrons. The maximum absolute atomic E-state index is 15.5. The molecule has 1 aromatic heterocycles. The number of carbonyl (C=O) groups is 5. The lowest BCUT2D eigenvalue weighted by Crippen LogP contribution is -2.82. The van der Waals surface area contributed by atoms with Gasteiger partial charge in [0, 0.05) is 96.5 Å². The smallest absolute Gasteiger partial charge is 0.407 e. The Labute approximate surface area is 445 Å². The second-order valence-electron chi connectivity index (χ2n) is 22.5. The Morgan fingerprint density at radius 1 is 0.961 bits per heavy atom. The predicted molar refractivity (Wildman–Crippen MR) is 279 cm³/mol. The van der Waals surface area contributed by atoms with Crippen molar-refractivity contribution in [2.24, 2.45) is 17.3 Å². The average molecular weight is 1060 g/mol. The number of aliphatic hydroxyl groups excluding tert-OH is 1. The monoisotopic (exact) mass is 1060 g/mol. The largest absolute Gasteiger partial charge is 0.496 e. The Kier molecular flexibility index (Phi) is 13.2. The maximum Gasteiger partial charge on any atom is 0.407 e. The van der Waals surface area contributed by atoms with Gasteiger partial charge in [-0.25, -0.2) is 13.6 Å². The van der Waals surface area contributed by atoms with Crippen molar-refractivity contribution in [3.05, 3.63) is 107 Å². The first-order valence-corrected chi connectivity index (χ1v) is 26.8. The lowest BCUT2D eigenvalue weighted by Gasteiger charge is -2.63. The van der Waals surface area contributed by atoms with Crippen LogP contribution in [-0.2, 0) is 52.6 Å². The van der Waals surface area contributed by atoms with E-state index in [4.69, 9.17) is 14.2 Å². The lowest BCUT2D eigenvalue weighted by molar-refractivity contribution is -0.204. The number of carbonyl (C=O) groups excluding carboxylic acids is 5. The summed E-state index contributed by atoms with van der Waals surface area (Å²) in [4.78, 5) is 81.8. The van der Waals surface area contributed by atoms with Crippen LogP contribution in [0.1, 0.15) is 80.3 Å². The van der Waals surface area contributed by atoms with Gasteiger partial charge in [-0.2, -0.15) is 0 Å². The highest BCUT2D eigenvalue weighted by molar-refractivity contribution is 5.96. The number of hydrogen-bond acceptors (Lipinski definition) is 13. The van der Waals surface area contributed by atoms with Gasteiger partial charge >= 0.3 is 12.1 Å².